The first-order valence-corrected chi connectivity index (χ1v) is 11.1. The topological polar surface area (TPSA) is 85.8 Å². The average molecular weight is 463 g/mol. The van der Waals surface area contributed by atoms with Crippen molar-refractivity contribution in [3.8, 4) is 17.0 Å². The zero-order chi connectivity index (χ0) is 23.1. The standard InChI is InChI=1S/C23H31ClN4O4/c1-23(2,3)32-22(29)27-17-6-5-9-28(15-17)19-12-20(24)25-14-18(19)16-7-8-21(26-13-16)31-11-10-30-4/h7-8,12-14,17H,5-6,9-11,15H2,1-4H3,(H,27,29)/t17-/m0/s1. The monoisotopic (exact) mass is 462 g/mol. The van der Waals surface area contributed by atoms with Crippen molar-refractivity contribution in [1.29, 1.82) is 0 Å². The highest BCUT2D eigenvalue weighted by Gasteiger charge is 2.26. The van der Waals surface area contributed by atoms with Gasteiger partial charge in [0.25, 0.3) is 0 Å². The minimum Gasteiger partial charge on any atom is -0.475 e. The molecular formula is C23H31ClN4O4. The van der Waals surface area contributed by atoms with Gasteiger partial charge in [-0.3, -0.25) is 0 Å². The van der Waals surface area contributed by atoms with Gasteiger partial charge < -0.3 is 24.4 Å². The lowest BCUT2D eigenvalue weighted by atomic mass is 10.0. The van der Waals surface area contributed by atoms with Crippen molar-refractivity contribution in [1.82, 2.24) is 15.3 Å². The molecule has 9 heteroatoms. The Labute approximate surface area is 194 Å². The van der Waals surface area contributed by atoms with E-state index in [1.54, 1.807) is 19.5 Å². The Balaban J connectivity index is 1.75. The van der Waals surface area contributed by atoms with E-state index in [0.717, 1.165) is 36.2 Å². The highest BCUT2D eigenvalue weighted by Crippen LogP contribution is 2.34. The Bertz CT molecular complexity index is 902. The number of aromatic nitrogens is 2. The summed E-state index contributed by atoms with van der Waals surface area (Å²) in [6, 6.07) is 5.61. The number of nitrogens with zero attached hydrogens (tertiary/aromatic N) is 3. The molecule has 0 radical (unpaired) electrons. The van der Waals surface area contributed by atoms with E-state index < -0.39 is 11.7 Å². The van der Waals surface area contributed by atoms with Crippen molar-refractivity contribution in [3.63, 3.8) is 0 Å². The molecule has 3 rings (SSSR count). The molecule has 8 nitrogen and oxygen atoms in total. The third kappa shape index (κ3) is 6.97. The molecule has 0 aliphatic carbocycles. The minimum atomic E-state index is -0.531. The summed E-state index contributed by atoms with van der Waals surface area (Å²) in [5.41, 5.74) is 2.25. The Morgan fingerprint density at radius 1 is 1.25 bits per heavy atom. The Hall–Kier alpha value is -2.58. The highest BCUT2D eigenvalue weighted by atomic mass is 35.5. The average Bonchev–Trinajstić information content (AvgIpc) is 2.73. The summed E-state index contributed by atoms with van der Waals surface area (Å²) in [6.07, 6.45) is 4.94. The molecule has 0 spiro atoms. The van der Waals surface area contributed by atoms with Crippen LogP contribution in [0.1, 0.15) is 33.6 Å². The van der Waals surface area contributed by atoms with Gasteiger partial charge in [0.1, 0.15) is 17.4 Å². The first kappa shape index (κ1) is 24.1. The van der Waals surface area contributed by atoms with Gasteiger partial charge in [-0.25, -0.2) is 14.8 Å². The minimum absolute atomic E-state index is 0.0203. The molecule has 2 aromatic heterocycles. The summed E-state index contributed by atoms with van der Waals surface area (Å²) < 4.78 is 16.0. The lowest BCUT2D eigenvalue weighted by Crippen LogP contribution is -2.49. The normalized spacial score (nSPS) is 16.5. The van der Waals surface area contributed by atoms with E-state index in [9.17, 15) is 4.79 Å². The smallest absolute Gasteiger partial charge is 0.407 e. The highest BCUT2D eigenvalue weighted by molar-refractivity contribution is 6.29. The summed E-state index contributed by atoms with van der Waals surface area (Å²) in [4.78, 5) is 23.1. The number of rotatable bonds is 7. The largest absolute Gasteiger partial charge is 0.475 e. The van der Waals surface area contributed by atoms with Gasteiger partial charge >= 0.3 is 6.09 Å². The number of hydrogen-bond donors (Lipinski definition) is 1. The van der Waals surface area contributed by atoms with E-state index in [4.69, 9.17) is 25.8 Å². The second-order valence-corrected chi connectivity index (χ2v) is 9.07. The SMILES string of the molecule is COCCOc1ccc(-c2cnc(Cl)cc2N2CCC[C@H](NC(=O)OC(C)(C)C)C2)cn1. The number of pyridine rings is 2. The molecule has 0 bridgehead atoms. The van der Waals surface area contributed by atoms with Gasteiger partial charge in [0.15, 0.2) is 0 Å². The van der Waals surface area contributed by atoms with E-state index in [1.165, 1.54) is 0 Å². The Kier molecular flexibility index (Phi) is 8.15. The maximum absolute atomic E-state index is 12.2. The van der Waals surface area contributed by atoms with Crippen LogP contribution in [-0.4, -0.2) is 61.1 Å². The number of halogens is 1. The van der Waals surface area contributed by atoms with Crippen LogP contribution in [0.3, 0.4) is 0 Å². The van der Waals surface area contributed by atoms with Crippen LogP contribution < -0.4 is 15.0 Å². The lowest BCUT2D eigenvalue weighted by molar-refractivity contribution is 0.0500. The van der Waals surface area contributed by atoms with Crippen LogP contribution in [0.2, 0.25) is 5.15 Å². The maximum Gasteiger partial charge on any atom is 0.407 e. The number of anilines is 1. The van der Waals surface area contributed by atoms with E-state index in [0.29, 0.717) is 30.8 Å². The molecule has 174 valence electrons. The molecule has 3 heterocycles. The fourth-order valence-corrected chi connectivity index (χ4v) is 3.70. The molecule has 1 saturated heterocycles. The summed E-state index contributed by atoms with van der Waals surface area (Å²) in [6.45, 7) is 8.01. The molecule has 0 aromatic carbocycles. The van der Waals surface area contributed by atoms with Crippen LogP contribution in [0.25, 0.3) is 11.1 Å². The van der Waals surface area contributed by atoms with Gasteiger partial charge in [-0.1, -0.05) is 11.6 Å². The van der Waals surface area contributed by atoms with Gasteiger partial charge in [-0.05, 0) is 45.7 Å². The van der Waals surface area contributed by atoms with Crippen LogP contribution in [0.15, 0.2) is 30.6 Å². The summed E-state index contributed by atoms with van der Waals surface area (Å²) in [5, 5.41) is 3.41. The van der Waals surface area contributed by atoms with E-state index in [-0.39, 0.29) is 6.04 Å². The second kappa shape index (κ2) is 10.8. The fraction of sp³-hybridized carbons (Fsp3) is 0.522. The molecule has 1 amide bonds. The predicted molar refractivity (Wildman–Crippen MR) is 124 cm³/mol. The van der Waals surface area contributed by atoms with Gasteiger partial charge in [-0.15, -0.1) is 0 Å². The number of carbonyl (C=O) groups is 1. The first-order chi connectivity index (χ1) is 15.2. The fourth-order valence-electron chi connectivity index (χ4n) is 3.55. The van der Waals surface area contributed by atoms with Gasteiger partial charge in [0, 0.05) is 61.5 Å². The molecule has 1 fully saturated rings. The first-order valence-electron chi connectivity index (χ1n) is 10.7. The molecule has 1 aliphatic heterocycles. The van der Waals surface area contributed by atoms with Crippen LogP contribution in [0, 0.1) is 0 Å². The number of alkyl carbamates (subject to hydrolysis) is 1. The molecule has 1 N–H and O–H groups in total. The van der Waals surface area contributed by atoms with Crippen molar-refractivity contribution >= 4 is 23.4 Å². The molecule has 0 unspecified atom stereocenters. The van der Waals surface area contributed by atoms with E-state index in [2.05, 4.69) is 20.2 Å². The Morgan fingerprint density at radius 2 is 2.06 bits per heavy atom. The summed E-state index contributed by atoms with van der Waals surface area (Å²) in [5.74, 6) is 0.536. The number of piperidine rings is 1. The molecular weight excluding hydrogens is 432 g/mol. The van der Waals surface area contributed by atoms with Crippen LogP contribution in [0.5, 0.6) is 5.88 Å². The number of amides is 1. The van der Waals surface area contributed by atoms with Crippen molar-refractivity contribution in [2.45, 2.75) is 45.3 Å². The van der Waals surface area contributed by atoms with Gasteiger partial charge in [0.2, 0.25) is 5.88 Å². The summed E-state index contributed by atoms with van der Waals surface area (Å²) in [7, 11) is 1.63. The van der Waals surface area contributed by atoms with Crippen LogP contribution in [0.4, 0.5) is 10.5 Å². The molecule has 0 saturated carbocycles. The van der Waals surface area contributed by atoms with Gasteiger partial charge in [0.05, 0.1) is 6.61 Å². The molecule has 1 atom stereocenters. The number of ether oxygens (including phenoxy) is 3. The number of carbonyl (C=O) groups excluding carboxylic acids is 1. The summed E-state index contributed by atoms with van der Waals surface area (Å²) >= 11 is 6.24. The molecule has 1 aliphatic rings. The van der Waals surface area contributed by atoms with Crippen molar-refractivity contribution in [2.75, 3.05) is 38.3 Å². The third-order valence-electron chi connectivity index (χ3n) is 4.92. The third-order valence-corrected chi connectivity index (χ3v) is 5.12. The number of nitrogens with one attached hydrogen (secondary N) is 1. The van der Waals surface area contributed by atoms with Crippen LogP contribution >= 0.6 is 11.6 Å². The van der Waals surface area contributed by atoms with Crippen molar-refractivity contribution in [2.24, 2.45) is 0 Å². The van der Waals surface area contributed by atoms with Crippen molar-refractivity contribution < 1.29 is 19.0 Å². The van der Waals surface area contributed by atoms with E-state index in [1.807, 2.05) is 39.0 Å². The zero-order valence-corrected chi connectivity index (χ0v) is 19.8. The van der Waals surface area contributed by atoms with Crippen LogP contribution in [-0.2, 0) is 9.47 Å². The zero-order valence-electron chi connectivity index (χ0n) is 19.1. The predicted octanol–water partition coefficient (Wildman–Crippen LogP) is 4.32. The quantitative estimate of drug-likeness (QED) is 0.484. The van der Waals surface area contributed by atoms with E-state index >= 15 is 0 Å². The van der Waals surface area contributed by atoms with Crippen molar-refractivity contribution in [3.05, 3.63) is 35.7 Å². The molecule has 2 aromatic rings. The lowest BCUT2D eigenvalue weighted by Gasteiger charge is -2.36. The maximum atomic E-state index is 12.2. The number of hydrogen-bond acceptors (Lipinski definition) is 7. The Morgan fingerprint density at radius 3 is 2.75 bits per heavy atom. The van der Waals surface area contributed by atoms with Gasteiger partial charge in [-0.2, -0.15) is 0 Å². The number of methoxy groups -OCH3 is 1. The molecule has 32 heavy (non-hydrogen) atoms. The second-order valence-electron chi connectivity index (χ2n) is 8.68.